The quantitative estimate of drug-likeness (QED) is 0.247. The van der Waals surface area contributed by atoms with Crippen LogP contribution in [0.2, 0.25) is 0 Å². The molecule has 0 aromatic heterocycles. The molecule has 0 radical (unpaired) electrons. The van der Waals surface area contributed by atoms with E-state index in [1.807, 2.05) is 43.0 Å². The highest BCUT2D eigenvalue weighted by molar-refractivity contribution is 14.0. The summed E-state index contributed by atoms with van der Waals surface area (Å²) >= 11 is 0. The largest absolute Gasteiger partial charge is 0.489 e. The van der Waals surface area contributed by atoms with E-state index in [0.29, 0.717) is 24.8 Å². The molecule has 1 atom stereocenters. The first kappa shape index (κ1) is 26.7. The number of amides is 2. The zero-order valence-electron chi connectivity index (χ0n) is 19.1. The second-order valence-electron chi connectivity index (χ2n) is 7.79. The van der Waals surface area contributed by atoms with Crippen LogP contribution in [0.1, 0.15) is 32.3 Å². The first-order chi connectivity index (χ1) is 15.5. The van der Waals surface area contributed by atoms with Gasteiger partial charge >= 0.3 is 6.03 Å². The highest BCUT2D eigenvalue weighted by Crippen LogP contribution is 2.15. The van der Waals surface area contributed by atoms with Gasteiger partial charge in [0.2, 0.25) is 0 Å². The van der Waals surface area contributed by atoms with E-state index in [-0.39, 0.29) is 41.9 Å². The Morgan fingerprint density at radius 3 is 2.64 bits per heavy atom. The van der Waals surface area contributed by atoms with Crippen molar-refractivity contribution in [2.75, 3.05) is 31.5 Å². The number of hydrogen-bond acceptors (Lipinski definition) is 3. The minimum Gasteiger partial charge on any atom is -0.489 e. The van der Waals surface area contributed by atoms with Crippen LogP contribution in [0.5, 0.6) is 5.75 Å². The van der Waals surface area contributed by atoms with E-state index in [2.05, 4.69) is 20.9 Å². The first-order valence-corrected chi connectivity index (χ1v) is 11.1. The van der Waals surface area contributed by atoms with E-state index in [4.69, 9.17) is 4.74 Å². The van der Waals surface area contributed by atoms with Crippen molar-refractivity contribution >= 4 is 41.7 Å². The fourth-order valence-electron chi connectivity index (χ4n) is 3.44. The molecule has 0 bridgehead atoms. The monoisotopic (exact) mass is 569 g/mol. The fraction of sp³-hybridized carbons (Fsp3) is 0.417. The minimum absolute atomic E-state index is 0. The zero-order chi connectivity index (χ0) is 22.8. The number of anilines is 1. The molecule has 3 rings (SSSR count). The molecule has 180 valence electrons. The lowest BCUT2D eigenvalue weighted by atomic mass is 10.2. The molecular formula is C24H33FIN5O2. The number of hydrogen-bond donors (Lipinski definition) is 3. The molecule has 33 heavy (non-hydrogen) atoms. The van der Waals surface area contributed by atoms with Crippen LogP contribution >= 0.6 is 24.0 Å². The average Bonchev–Trinajstić information content (AvgIpc) is 3.31. The Balaban J connectivity index is 0.00000385. The summed E-state index contributed by atoms with van der Waals surface area (Å²) in [6.45, 7) is 7.23. The highest BCUT2D eigenvalue weighted by atomic mass is 127. The topological polar surface area (TPSA) is 78.0 Å². The number of urea groups is 1. The van der Waals surface area contributed by atoms with Gasteiger partial charge in [0.15, 0.2) is 5.96 Å². The lowest BCUT2D eigenvalue weighted by molar-refractivity contribution is 0.222. The van der Waals surface area contributed by atoms with Crippen molar-refractivity contribution in [3.8, 4) is 5.75 Å². The molecule has 1 heterocycles. The van der Waals surface area contributed by atoms with Crippen LogP contribution in [0.3, 0.4) is 0 Å². The minimum atomic E-state index is -0.323. The standard InChI is InChI=1S/C24H32FN5O2.HI/c1-3-26-23(27-16-18(2)32-22-11-7-9-20(25)15-22)28-17-19-8-6-10-21(14-19)29-24(31)30-12-4-5-13-30;/h6-11,14-15,18H,3-5,12-13,16-17H2,1-2H3,(H,29,31)(H2,26,27,28);1H. The summed E-state index contributed by atoms with van der Waals surface area (Å²) in [6.07, 6.45) is 1.95. The third kappa shape index (κ3) is 9.07. The summed E-state index contributed by atoms with van der Waals surface area (Å²) in [5.74, 6) is 0.833. The maximum Gasteiger partial charge on any atom is 0.321 e. The van der Waals surface area contributed by atoms with Crippen molar-refractivity contribution < 1.29 is 13.9 Å². The molecule has 1 aliphatic heterocycles. The summed E-state index contributed by atoms with van der Waals surface area (Å²) in [5.41, 5.74) is 1.76. The number of benzene rings is 2. The molecule has 0 spiro atoms. The molecule has 3 N–H and O–H groups in total. The van der Waals surface area contributed by atoms with Crippen LogP contribution in [0.25, 0.3) is 0 Å². The van der Waals surface area contributed by atoms with Gasteiger partial charge in [0.05, 0.1) is 13.1 Å². The Kier molecular flexibility index (Phi) is 11.2. The van der Waals surface area contributed by atoms with Gasteiger partial charge in [-0.05, 0) is 56.5 Å². The predicted molar refractivity (Wildman–Crippen MR) is 141 cm³/mol. The maximum atomic E-state index is 13.3. The van der Waals surface area contributed by atoms with Gasteiger partial charge in [0.1, 0.15) is 17.7 Å². The smallest absolute Gasteiger partial charge is 0.321 e. The molecule has 0 aliphatic carbocycles. The molecule has 7 nitrogen and oxygen atoms in total. The number of ether oxygens (including phenoxy) is 1. The number of carbonyl (C=O) groups excluding carboxylic acids is 1. The van der Waals surface area contributed by atoms with Crippen molar-refractivity contribution in [3.05, 3.63) is 59.9 Å². The normalized spacial score (nSPS) is 14.3. The Labute approximate surface area is 212 Å². The van der Waals surface area contributed by atoms with Crippen LogP contribution in [-0.4, -0.2) is 49.2 Å². The summed E-state index contributed by atoms with van der Waals surface area (Å²) in [6, 6.07) is 13.8. The molecule has 2 aromatic rings. The van der Waals surface area contributed by atoms with Crippen LogP contribution in [0.15, 0.2) is 53.5 Å². The van der Waals surface area contributed by atoms with Crippen LogP contribution in [0.4, 0.5) is 14.9 Å². The number of rotatable bonds is 8. The molecule has 9 heteroatoms. The number of aliphatic imine (C=N–C) groups is 1. The van der Waals surface area contributed by atoms with Gasteiger partial charge in [-0.1, -0.05) is 18.2 Å². The summed E-state index contributed by atoms with van der Waals surface area (Å²) in [7, 11) is 0. The summed E-state index contributed by atoms with van der Waals surface area (Å²) < 4.78 is 19.1. The third-order valence-corrected chi connectivity index (χ3v) is 5.03. The number of nitrogens with one attached hydrogen (secondary N) is 3. The van der Waals surface area contributed by atoms with Crippen molar-refractivity contribution in [2.45, 2.75) is 39.3 Å². The van der Waals surface area contributed by atoms with E-state index in [1.165, 1.54) is 12.1 Å². The lowest BCUT2D eigenvalue weighted by Gasteiger charge is -2.18. The number of halogens is 2. The van der Waals surface area contributed by atoms with Crippen molar-refractivity contribution in [3.63, 3.8) is 0 Å². The van der Waals surface area contributed by atoms with Gasteiger partial charge in [-0.2, -0.15) is 0 Å². The van der Waals surface area contributed by atoms with E-state index < -0.39 is 0 Å². The van der Waals surface area contributed by atoms with Gasteiger partial charge < -0.3 is 25.6 Å². The van der Waals surface area contributed by atoms with Gasteiger partial charge in [-0.3, -0.25) is 0 Å². The third-order valence-electron chi connectivity index (χ3n) is 5.03. The molecule has 1 saturated heterocycles. The van der Waals surface area contributed by atoms with Gasteiger partial charge in [0, 0.05) is 31.4 Å². The van der Waals surface area contributed by atoms with Gasteiger partial charge in [-0.25, -0.2) is 14.2 Å². The average molecular weight is 569 g/mol. The van der Waals surface area contributed by atoms with E-state index in [1.54, 1.807) is 12.1 Å². The van der Waals surface area contributed by atoms with Gasteiger partial charge in [-0.15, -0.1) is 24.0 Å². The molecule has 1 aliphatic rings. The summed E-state index contributed by atoms with van der Waals surface area (Å²) in [4.78, 5) is 18.8. The second-order valence-corrected chi connectivity index (χ2v) is 7.79. The predicted octanol–water partition coefficient (Wildman–Crippen LogP) is 4.59. The molecule has 1 fully saturated rings. The van der Waals surface area contributed by atoms with Gasteiger partial charge in [0.25, 0.3) is 0 Å². The second kappa shape index (κ2) is 13.9. The van der Waals surface area contributed by atoms with Crippen molar-refractivity contribution in [1.29, 1.82) is 0 Å². The molecular weight excluding hydrogens is 536 g/mol. The van der Waals surface area contributed by atoms with Crippen molar-refractivity contribution in [1.82, 2.24) is 15.5 Å². The maximum absolute atomic E-state index is 13.3. The Morgan fingerprint density at radius 1 is 1.15 bits per heavy atom. The van der Waals surface area contributed by atoms with Crippen molar-refractivity contribution in [2.24, 2.45) is 4.99 Å². The van der Waals surface area contributed by atoms with Crippen LogP contribution in [0, 0.1) is 5.82 Å². The Hall–Kier alpha value is -2.56. The number of carbonyl (C=O) groups is 1. The summed E-state index contributed by atoms with van der Waals surface area (Å²) in [5, 5.41) is 9.43. The molecule has 2 aromatic carbocycles. The Morgan fingerprint density at radius 2 is 1.91 bits per heavy atom. The Bertz CT molecular complexity index is 921. The molecule has 2 amide bonds. The fourth-order valence-corrected chi connectivity index (χ4v) is 3.44. The highest BCUT2D eigenvalue weighted by Gasteiger charge is 2.17. The zero-order valence-corrected chi connectivity index (χ0v) is 21.5. The molecule has 0 saturated carbocycles. The van der Waals surface area contributed by atoms with E-state index in [0.717, 1.165) is 43.7 Å². The number of nitrogens with zero attached hydrogens (tertiary/aromatic N) is 2. The number of likely N-dealkylation sites (tertiary alicyclic amines) is 1. The van der Waals surface area contributed by atoms with E-state index in [9.17, 15) is 9.18 Å². The lowest BCUT2D eigenvalue weighted by Crippen LogP contribution is -2.41. The van der Waals surface area contributed by atoms with E-state index >= 15 is 0 Å². The van der Waals surface area contributed by atoms with Crippen LogP contribution < -0.4 is 20.7 Å². The number of guanidine groups is 1. The molecule has 1 unspecified atom stereocenters. The SMILES string of the molecule is CCNC(=NCc1cccc(NC(=O)N2CCCC2)c1)NCC(C)Oc1cccc(F)c1.I. The first-order valence-electron chi connectivity index (χ1n) is 11.1. The van der Waals surface area contributed by atoms with Crippen LogP contribution in [-0.2, 0) is 6.54 Å².